The summed E-state index contributed by atoms with van der Waals surface area (Å²) in [6.45, 7) is 7.18. The lowest BCUT2D eigenvalue weighted by Gasteiger charge is -2.26. The second-order valence-electron chi connectivity index (χ2n) is 10.3. The molecule has 2 aromatic carbocycles. The van der Waals surface area contributed by atoms with Crippen molar-refractivity contribution >= 4 is 56.6 Å². The Labute approximate surface area is 255 Å². The van der Waals surface area contributed by atoms with Gasteiger partial charge >= 0.3 is 6.09 Å². The van der Waals surface area contributed by atoms with E-state index in [2.05, 4.69) is 16.9 Å². The Morgan fingerprint density at radius 1 is 1.07 bits per heavy atom. The molecule has 0 aliphatic heterocycles. The Bertz CT molecular complexity index is 1440. The average Bonchev–Trinajstić information content (AvgIpc) is 2.86. The lowest BCUT2D eigenvalue weighted by atomic mass is 9.93. The first-order valence-electron chi connectivity index (χ1n) is 12.6. The number of anilines is 1. The Balaban J connectivity index is 1.71. The Morgan fingerprint density at radius 3 is 2.27 bits per heavy atom. The van der Waals surface area contributed by atoms with E-state index in [0.29, 0.717) is 44.8 Å². The van der Waals surface area contributed by atoms with E-state index in [9.17, 15) is 13.2 Å². The number of nitrogens with zero attached hydrogens (tertiary/aromatic N) is 3. The number of ether oxygens (including phenoxy) is 3. The highest BCUT2D eigenvalue weighted by atomic mass is 35.5. The fourth-order valence-corrected chi connectivity index (χ4v) is 5.34. The molecular weight excluding hydrogens is 613 g/mol. The maximum atomic E-state index is 12.8. The molecule has 222 valence electrons. The smallest absolute Gasteiger partial charge is 0.428 e. The monoisotopic (exact) mass is 643 g/mol. The summed E-state index contributed by atoms with van der Waals surface area (Å²) in [6.07, 6.45) is 3.03. The molecule has 1 atom stereocenters. The first kappa shape index (κ1) is 32.7. The van der Waals surface area contributed by atoms with E-state index >= 15 is 0 Å². The van der Waals surface area contributed by atoms with E-state index < -0.39 is 21.7 Å². The van der Waals surface area contributed by atoms with E-state index in [0.717, 1.165) is 17.4 Å². The molecular formula is C28H32Cl3N3O6S. The number of hydrogen-bond donors (Lipinski definition) is 0. The molecule has 0 fully saturated rings. The van der Waals surface area contributed by atoms with Gasteiger partial charge in [-0.15, -0.1) is 11.6 Å². The highest BCUT2D eigenvalue weighted by molar-refractivity contribution is 7.92. The summed E-state index contributed by atoms with van der Waals surface area (Å²) in [6, 6.07) is 11.1. The zero-order valence-electron chi connectivity index (χ0n) is 23.4. The highest BCUT2D eigenvalue weighted by Gasteiger charge is 2.33. The summed E-state index contributed by atoms with van der Waals surface area (Å²) in [7, 11) is -4.05. The molecule has 3 rings (SSSR count). The van der Waals surface area contributed by atoms with Gasteiger partial charge in [-0.3, -0.25) is 0 Å². The van der Waals surface area contributed by atoms with E-state index in [-0.39, 0.29) is 23.9 Å². The third-order valence-corrected chi connectivity index (χ3v) is 7.36. The second-order valence-corrected chi connectivity index (χ2v) is 13.3. The number of carbonyl (C=O) groups is 1. The number of amides is 1. The van der Waals surface area contributed by atoms with Crippen molar-refractivity contribution < 1.29 is 27.4 Å². The van der Waals surface area contributed by atoms with Gasteiger partial charge < -0.3 is 14.2 Å². The molecule has 1 amide bonds. The number of benzene rings is 2. The van der Waals surface area contributed by atoms with Crippen molar-refractivity contribution in [3.63, 3.8) is 0 Å². The third kappa shape index (κ3) is 9.36. The van der Waals surface area contributed by atoms with Crippen molar-refractivity contribution in [1.82, 2.24) is 9.97 Å². The zero-order chi connectivity index (χ0) is 30.4. The minimum absolute atomic E-state index is 0.0499. The summed E-state index contributed by atoms with van der Waals surface area (Å²) in [4.78, 5) is 20.8. The maximum absolute atomic E-state index is 12.8. The van der Waals surface area contributed by atoms with Crippen molar-refractivity contribution in [2.45, 2.75) is 52.2 Å². The van der Waals surface area contributed by atoms with Crippen LogP contribution in [-0.4, -0.2) is 48.8 Å². The molecule has 1 heterocycles. The van der Waals surface area contributed by atoms with Gasteiger partial charge in [0.15, 0.2) is 5.75 Å². The Kier molecular flexibility index (Phi) is 11.1. The standard InChI is InChI=1S/C28H32Cl3N3O6S/c1-18(20-13-22(30)26(23(31)14-20)38-11-10-29)12-19-6-8-21(9-7-19)39-16-24-25(15-32-17-33-24)34(41(5,36)37)27(35)40-28(2,3)4/h6-9,13-15,17-18H,10-12,16H2,1-5H3/t18-/m1/s1. The van der Waals surface area contributed by atoms with Gasteiger partial charge in [0, 0.05) is 0 Å². The number of alkyl halides is 1. The van der Waals surface area contributed by atoms with E-state index in [1.807, 2.05) is 24.3 Å². The van der Waals surface area contributed by atoms with Crippen molar-refractivity contribution in [2.24, 2.45) is 0 Å². The van der Waals surface area contributed by atoms with Gasteiger partial charge in [0.05, 0.1) is 28.4 Å². The van der Waals surface area contributed by atoms with Crippen LogP contribution in [0.15, 0.2) is 48.9 Å². The number of aromatic nitrogens is 2. The predicted molar refractivity (Wildman–Crippen MR) is 161 cm³/mol. The summed E-state index contributed by atoms with van der Waals surface area (Å²) in [5.74, 6) is 1.39. The van der Waals surface area contributed by atoms with Crippen molar-refractivity contribution in [2.75, 3.05) is 23.0 Å². The molecule has 0 saturated carbocycles. The van der Waals surface area contributed by atoms with Gasteiger partial charge in [0.1, 0.15) is 42.3 Å². The lowest BCUT2D eigenvalue weighted by molar-refractivity contribution is 0.0608. The second kappa shape index (κ2) is 13.9. The molecule has 0 aliphatic carbocycles. The Morgan fingerprint density at radius 2 is 1.71 bits per heavy atom. The van der Waals surface area contributed by atoms with Gasteiger partial charge in [0.25, 0.3) is 0 Å². The van der Waals surface area contributed by atoms with Crippen LogP contribution in [0.25, 0.3) is 0 Å². The third-order valence-electron chi connectivity index (χ3n) is 5.64. The molecule has 0 aliphatic rings. The van der Waals surface area contributed by atoms with E-state index in [4.69, 9.17) is 49.0 Å². The topological polar surface area (TPSA) is 108 Å². The number of carbonyl (C=O) groups excluding carboxylic acids is 1. The normalized spacial score (nSPS) is 12.5. The molecule has 0 saturated heterocycles. The molecule has 13 heteroatoms. The highest BCUT2D eigenvalue weighted by Crippen LogP contribution is 2.37. The molecule has 0 unspecified atom stereocenters. The van der Waals surface area contributed by atoms with Gasteiger partial charge in [0.2, 0.25) is 10.0 Å². The summed E-state index contributed by atoms with van der Waals surface area (Å²) in [5.41, 5.74) is 1.25. The van der Waals surface area contributed by atoms with Crippen LogP contribution >= 0.6 is 34.8 Å². The molecule has 9 nitrogen and oxygen atoms in total. The lowest BCUT2D eigenvalue weighted by Crippen LogP contribution is -2.41. The fourth-order valence-electron chi connectivity index (χ4n) is 3.83. The maximum Gasteiger partial charge on any atom is 0.428 e. The molecule has 1 aromatic heterocycles. The van der Waals surface area contributed by atoms with Crippen LogP contribution in [0.1, 0.15) is 50.4 Å². The number of halogens is 3. The summed E-state index contributed by atoms with van der Waals surface area (Å²) < 4.78 is 42.3. The zero-order valence-corrected chi connectivity index (χ0v) is 26.4. The van der Waals surface area contributed by atoms with Gasteiger partial charge in [-0.05, 0) is 68.5 Å². The van der Waals surface area contributed by atoms with Crippen molar-refractivity contribution in [3.8, 4) is 11.5 Å². The van der Waals surface area contributed by atoms with Crippen LogP contribution in [0, 0.1) is 0 Å². The predicted octanol–water partition coefficient (Wildman–Crippen LogP) is 7.03. The number of rotatable bonds is 11. The average molecular weight is 645 g/mol. The number of sulfonamides is 1. The minimum Gasteiger partial charge on any atom is -0.489 e. The van der Waals surface area contributed by atoms with Crippen LogP contribution in [0.3, 0.4) is 0 Å². The van der Waals surface area contributed by atoms with Crippen molar-refractivity contribution in [3.05, 3.63) is 75.8 Å². The van der Waals surface area contributed by atoms with Crippen LogP contribution < -0.4 is 13.8 Å². The van der Waals surface area contributed by atoms with Gasteiger partial charge in [-0.2, -0.15) is 4.31 Å². The molecule has 0 spiro atoms. The quantitative estimate of drug-likeness (QED) is 0.205. The van der Waals surface area contributed by atoms with Gasteiger partial charge in [-0.25, -0.2) is 23.2 Å². The molecule has 41 heavy (non-hydrogen) atoms. The molecule has 0 bridgehead atoms. The summed E-state index contributed by atoms with van der Waals surface area (Å²) >= 11 is 18.5. The van der Waals surface area contributed by atoms with E-state index in [1.54, 1.807) is 32.9 Å². The SMILES string of the molecule is C[C@H](Cc1ccc(OCc2ncncc2N(C(=O)OC(C)(C)C)S(C)(=O)=O)cc1)c1cc(Cl)c(OCCCl)c(Cl)c1. The summed E-state index contributed by atoms with van der Waals surface area (Å²) in [5, 5.41) is 0.858. The van der Waals surface area contributed by atoms with Crippen molar-refractivity contribution in [1.29, 1.82) is 0 Å². The number of hydrogen-bond acceptors (Lipinski definition) is 8. The van der Waals surface area contributed by atoms with Crippen LogP contribution in [0.5, 0.6) is 11.5 Å². The van der Waals surface area contributed by atoms with Crippen LogP contribution in [-0.2, 0) is 27.8 Å². The first-order chi connectivity index (χ1) is 19.2. The fraction of sp³-hybridized carbons (Fsp3) is 0.393. The van der Waals surface area contributed by atoms with E-state index in [1.165, 1.54) is 12.5 Å². The minimum atomic E-state index is -4.05. The Hall–Kier alpha value is -2.79. The largest absolute Gasteiger partial charge is 0.489 e. The van der Waals surface area contributed by atoms with Gasteiger partial charge in [-0.1, -0.05) is 42.3 Å². The van der Waals surface area contributed by atoms with Crippen LogP contribution in [0.4, 0.5) is 10.5 Å². The molecule has 3 aromatic rings. The van der Waals surface area contributed by atoms with Crippen LogP contribution in [0.2, 0.25) is 10.0 Å². The molecule has 0 radical (unpaired) electrons. The first-order valence-corrected chi connectivity index (χ1v) is 15.7. The molecule has 0 N–H and O–H groups in total.